The molecule has 0 radical (unpaired) electrons. The number of nitriles is 1. The number of rotatable bonds is 3. The maximum atomic E-state index is 9.22. The highest BCUT2D eigenvalue weighted by Gasteiger charge is 2.08. The van der Waals surface area contributed by atoms with Crippen LogP contribution in [0.1, 0.15) is 29.4 Å². The summed E-state index contributed by atoms with van der Waals surface area (Å²) in [5.41, 5.74) is 5.37. The lowest BCUT2D eigenvalue weighted by atomic mass is 10.1. The van der Waals surface area contributed by atoms with Crippen molar-refractivity contribution in [3.05, 3.63) is 52.8 Å². The molecular weight excluding hydrogens is 234 g/mol. The second kappa shape index (κ2) is 5.53. The first kappa shape index (κ1) is 13.1. The van der Waals surface area contributed by atoms with E-state index in [4.69, 9.17) is 0 Å². The van der Waals surface area contributed by atoms with Gasteiger partial charge in [0.25, 0.3) is 0 Å². The van der Waals surface area contributed by atoms with E-state index in [1.54, 1.807) is 0 Å². The molecule has 3 nitrogen and oxygen atoms in total. The predicted octanol–water partition coefficient (Wildman–Crippen LogP) is 3.88. The van der Waals surface area contributed by atoms with Gasteiger partial charge in [0, 0.05) is 11.4 Å². The highest BCUT2D eigenvalue weighted by atomic mass is 14.9. The second-order valence-corrected chi connectivity index (χ2v) is 4.56. The fourth-order valence-electron chi connectivity index (χ4n) is 2.05. The van der Waals surface area contributed by atoms with Crippen LogP contribution < -0.4 is 5.32 Å². The summed E-state index contributed by atoms with van der Waals surface area (Å²) in [5, 5.41) is 12.5. The summed E-state index contributed by atoms with van der Waals surface area (Å²) in [6.07, 6.45) is 1.02. The van der Waals surface area contributed by atoms with Crippen LogP contribution in [0, 0.1) is 25.2 Å². The normalized spacial score (nSPS) is 10.0. The third kappa shape index (κ3) is 2.92. The van der Waals surface area contributed by atoms with E-state index in [9.17, 15) is 5.26 Å². The van der Waals surface area contributed by atoms with Crippen molar-refractivity contribution in [2.24, 2.45) is 0 Å². The number of hydrogen-bond donors (Lipinski definition) is 1. The zero-order chi connectivity index (χ0) is 13.8. The van der Waals surface area contributed by atoms with Crippen LogP contribution in [-0.4, -0.2) is 4.98 Å². The molecule has 1 heterocycles. The van der Waals surface area contributed by atoms with Gasteiger partial charge >= 0.3 is 0 Å². The van der Waals surface area contributed by atoms with E-state index in [1.165, 1.54) is 5.56 Å². The van der Waals surface area contributed by atoms with Crippen LogP contribution in [0.4, 0.5) is 11.4 Å². The van der Waals surface area contributed by atoms with Crippen LogP contribution >= 0.6 is 0 Å². The average molecular weight is 251 g/mol. The lowest BCUT2D eigenvalue weighted by Gasteiger charge is -2.11. The van der Waals surface area contributed by atoms with Gasteiger partial charge in [-0.1, -0.05) is 19.1 Å². The van der Waals surface area contributed by atoms with E-state index in [2.05, 4.69) is 35.4 Å². The molecule has 0 spiro atoms. The summed E-state index contributed by atoms with van der Waals surface area (Å²) in [5.74, 6) is 0. The van der Waals surface area contributed by atoms with Crippen LogP contribution in [0.2, 0.25) is 0 Å². The minimum Gasteiger partial charge on any atom is -0.354 e. The zero-order valence-corrected chi connectivity index (χ0v) is 11.5. The minimum atomic E-state index is 0.602. The molecule has 0 amide bonds. The van der Waals surface area contributed by atoms with Gasteiger partial charge in [-0.2, -0.15) is 5.26 Å². The SMILES string of the molecule is CCc1ccc(Nc2cc(C)nc(C)c2C#N)cc1. The van der Waals surface area contributed by atoms with E-state index in [1.807, 2.05) is 32.0 Å². The third-order valence-corrected chi connectivity index (χ3v) is 3.08. The number of nitrogens with one attached hydrogen (secondary N) is 1. The molecule has 0 unspecified atom stereocenters. The second-order valence-electron chi connectivity index (χ2n) is 4.56. The van der Waals surface area contributed by atoms with Crippen molar-refractivity contribution in [1.82, 2.24) is 4.98 Å². The molecule has 0 saturated heterocycles. The van der Waals surface area contributed by atoms with Crippen LogP contribution in [0.3, 0.4) is 0 Å². The van der Waals surface area contributed by atoms with Crippen molar-refractivity contribution < 1.29 is 0 Å². The highest BCUT2D eigenvalue weighted by molar-refractivity contribution is 5.67. The predicted molar refractivity (Wildman–Crippen MR) is 77.5 cm³/mol. The molecule has 0 aliphatic heterocycles. The first-order chi connectivity index (χ1) is 9.13. The lowest BCUT2D eigenvalue weighted by molar-refractivity contribution is 1.11. The minimum absolute atomic E-state index is 0.602. The fourth-order valence-corrected chi connectivity index (χ4v) is 2.05. The molecule has 0 aliphatic rings. The van der Waals surface area contributed by atoms with Crippen LogP contribution in [0.5, 0.6) is 0 Å². The molecule has 96 valence electrons. The summed E-state index contributed by atoms with van der Waals surface area (Å²) >= 11 is 0. The Balaban J connectivity index is 2.34. The molecule has 0 fully saturated rings. The first-order valence-corrected chi connectivity index (χ1v) is 6.38. The molecule has 0 aliphatic carbocycles. The molecule has 19 heavy (non-hydrogen) atoms. The fraction of sp³-hybridized carbons (Fsp3) is 0.250. The van der Waals surface area contributed by atoms with Crippen molar-refractivity contribution in [3.8, 4) is 6.07 Å². The monoisotopic (exact) mass is 251 g/mol. The molecule has 2 aromatic rings. The molecule has 1 aromatic carbocycles. The summed E-state index contributed by atoms with van der Waals surface area (Å²) < 4.78 is 0. The van der Waals surface area contributed by atoms with Gasteiger partial charge in [-0.25, -0.2) is 0 Å². The van der Waals surface area contributed by atoms with E-state index in [-0.39, 0.29) is 0 Å². The zero-order valence-electron chi connectivity index (χ0n) is 11.5. The maximum Gasteiger partial charge on any atom is 0.103 e. The molecular formula is C16H17N3. The molecule has 0 atom stereocenters. The number of hydrogen-bond acceptors (Lipinski definition) is 3. The van der Waals surface area contributed by atoms with Crippen molar-refractivity contribution in [2.45, 2.75) is 27.2 Å². The van der Waals surface area contributed by atoms with Crippen molar-refractivity contribution in [1.29, 1.82) is 5.26 Å². The summed E-state index contributed by atoms with van der Waals surface area (Å²) in [4.78, 5) is 4.31. The lowest BCUT2D eigenvalue weighted by Crippen LogP contribution is -1.99. The number of aromatic nitrogens is 1. The third-order valence-electron chi connectivity index (χ3n) is 3.08. The Morgan fingerprint density at radius 3 is 2.47 bits per heavy atom. The van der Waals surface area contributed by atoms with Crippen LogP contribution in [-0.2, 0) is 6.42 Å². The highest BCUT2D eigenvalue weighted by Crippen LogP contribution is 2.23. The van der Waals surface area contributed by atoms with Gasteiger partial charge in [-0.15, -0.1) is 0 Å². The van der Waals surface area contributed by atoms with Crippen LogP contribution in [0.25, 0.3) is 0 Å². The molecule has 0 bridgehead atoms. The van der Waals surface area contributed by atoms with Gasteiger partial charge in [0.2, 0.25) is 0 Å². The van der Waals surface area contributed by atoms with Crippen molar-refractivity contribution in [2.75, 3.05) is 5.32 Å². The Kier molecular flexibility index (Phi) is 3.82. The van der Waals surface area contributed by atoms with Crippen molar-refractivity contribution in [3.63, 3.8) is 0 Å². The van der Waals surface area contributed by atoms with E-state index < -0.39 is 0 Å². The van der Waals surface area contributed by atoms with Gasteiger partial charge in [-0.3, -0.25) is 4.98 Å². The smallest absolute Gasteiger partial charge is 0.103 e. The molecule has 2 rings (SSSR count). The Hall–Kier alpha value is -2.34. The molecule has 3 heteroatoms. The molecule has 1 aromatic heterocycles. The van der Waals surface area contributed by atoms with Gasteiger partial charge in [0.15, 0.2) is 0 Å². The largest absolute Gasteiger partial charge is 0.354 e. The maximum absolute atomic E-state index is 9.22. The standard InChI is InChI=1S/C16H17N3/c1-4-13-5-7-14(8-6-13)19-16-9-11(2)18-12(3)15(16)10-17/h5-9H,4H2,1-3H3,(H,18,19). The Morgan fingerprint density at radius 1 is 1.21 bits per heavy atom. The number of anilines is 2. The summed E-state index contributed by atoms with van der Waals surface area (Å²) in [6.45, 7) is 5.92. The topological polar surface area (TPSA) is 48.7 Å². The quantitative estimate of drug-likeness (QED) is 0.900. The van der Waals surface area contributed by atoms with E-state index in [0.717, 1.165) is 29.2 Å². The Morgan fingerprint density at radius 2 is 1.89 bits per heavy atom. The number of nitrogens with zero attached hydrogens (tertiary/aromatic N) is 2. The number of pyridine rings is 1. The molecule has 1 N–H and O–H groups in total. The first-order valence-electron chi connectivity index (χ1n) is 6.38. The van der Waals surface area contributed by atoms with E-state index in [0.29, 0.717) is 5.56 Å². The number of benzene rings is 1. The van der Waals surface area contributed by atoms with E-state index >= 15 is 0 Å². The van der Waals surface area contributed by atoms with Gasteiger partial charge in [0.05, 0.1) is 16.9 Å². The average Bonchev–Trinajstić information content (AvgIpc) is 2.39. The van der Waals surface area contributed by atoms with Gasteiger partial charge in [-0.05, 0) is 44.0 Å². The summed E-state index contributed by atoms with van der Waals surface area (Å²) in [7, 11) is 0. The molecule has 0 saturated carbocycles. The van der Waals surface area contributed by atoms with Crippen molar-refractivity contribution >= 4 is 11.4 Å². The number of aryl methyl sites for hydroxylation is 3. The van der Waals surface area contributed by atoms with Gasteiger partial charge in [0.1, 0.15) is 6.07 Å². The Labute approximate surface area is 113 Å². The van der Waals surface area contributed by atoms with Gasteiger partial charge < -0.3 is 5.32 Å². The Bertz CT molecular complexity index is 622. The van der Waals surface area contributed by atoms with Crippen LogP contribution in [0.15, 0.2) is 30.3 Å². The summed E-state index contributed by atoms with van der Waals surface area (Å²) in [6, 6.07) is 12.4.